The number of pyridine rings is 1. The van der Waals surface area contributed by atoms with Crippen LogP contribution in [0.15, 0.2) is 41.3 Å². The second-order valence-electron chi connectivity index (χ2n) is 7.59. The number of piperidine rings is 1. The van der Waals surface area contributed by atoms with Gasteiger partial charge in [-0.3, -0.25) is 9.36 Å². The van der Waals surface area contributed by atoms with Crippen molar-refractivity contribution >= 4 is 38.6 Å². The second kappa shape index (κ2) is 8.57. The Bertz CT molecular complexity index is 1280. The van der Waals surface area contributed by atoms with Crippen LogP contribution in [0.25, 0.3) is 22.2 Å². The molecule has 3 aromatic rings. The minimum absolute atomic E-state index is 0.0696. The molecule has 1 fully saturated rings. The highest BCUT2D eigenvalue weighted by Gasteiger charge is 2.27. The number of aromatic nitrogens is 3. The van der Waals surface area contributed by atoms with Crippen LogP contribution in [0.5, 0.6) is 0 Å². The number of halogens is 1. The molecule has 1 aliphatic rings. The highest BCUT2D eigenvalue weighted by atomic mass is 35.5. The molecule has 0 unspecified atom stereocenters. The molecular formula is C21H24ClN5O3S. The van der Waals surface area contributed by atoms with Gasteiger partial charge >= 0.3 is 0 Å². The summed E-state index contributed by atoms with van der Waals surface area (Å²) in [7, 11) is -1.48. The van der Waals surface area contributed by atoms with Crippen LogP contribution in [-0.2, 0) is 17.1 Å². The average molecular weight is 462 g/mol. The van der Waals surface area contributed by atoms with Gasteiger partial charge < -0.3 is 5.32 Å². The maximum absolute atomic E-state index is 13.0. The van der Waals surface area contributed by atoms with E-state index in [4.69, 9.17) is 11.6 Å². The number of fused-ring (bicyclic) bond motifs is 1. The van der Waals surface area contributed by atoms with Gasteiger partial charge in [0.1, 0.15) is 5.65 Å². The lowest BCUT2D eigenvalue weighted by Gasteiger charge is -2.31. The zero-order valence-electron chi connectivity index (χ0n) is 17.4. The van der Waals surface area contributed by atoms with Crippen LogP contribution in [-0.4, -0.2) is 52.1 Å². The molecule has 10 heteroatoms. The van der Waals surface area contributed by atoms with E-state index in [1.54, 1.807) is 32.3 Å². The second-order valence-corrected chi connectivity index (χ2v) is 10.3. The van der Waals surface area contributed by atoms with Crippen LogP contribution < -0.4 is 10.9 Å². The third kappa shape index (κ3) is 4.30. The van der Waals surface area contributed by atoms with Gasteiger partial charge in [-0.15, -0.1) is 0 Å². The number of benzene rings is 1. The molecule has 0 amide bonds. The minimum atomic E-state index is -3.16. The predicted molar refractivity (Wildman–Crippen MR) is 123 cm³/mol. The van der Waals surface area contributed by atoms with Crippen LogP contribution in [0, 0.1) is 0 Å². The van der Waals surface area contributed by atoms with Crippen LogP contribution in [0.1, 0.15) is 19.8 Å². The molecule has 2 aromatic heterocycles. The van der Waals surface area contributed by atoms with E-state index in [2.05, 4.69) is 15.3 Å². The first-order valence-electron chi connectivity index (χ1n) is 10.2. The number of sulfonamides is 1. The minimum Gasteiger partial charge on any atom is -0.351 e. The normalized spacial score (nSPS) is 16.0. The van der Waals surface area contributed by atoms with Crippen molar-refractivity contribution in [3.8, 4) is 11.1 Å². The van der Waals surface area contributed by atoms with Crippen LogP contribution >= 0.6 is 11.6 Å². The van der Waals surface area contributed by atoms with Crippen LogP contribution in [0.2, 0.25) is 5.02 Å². The molecule has 31 heavy (non-hydrogen) atoms. The Hall–Kier alpha value is -2.49. The van der Waals surface area contributed by atoms with Gasteiger partial charge in [0.05, 0.1) is 5.75 Å². The highest BCUT2D eigenvalue weighted by molar-refractivity contribution is 7.89. The lowest BCUT2D eigenvalue weighted by molar-refractivity contribution is 0.329. The van der Waals surface area contributed by atoms with E-state index in [0.29, 0.717) is 53.7 Å². The molecule has 0 bridgehead atoms. The fraction of sp³-hybridized carbons (Fsp3) is 0.381. The van der Waals surface area contributed by atoms with Crippen molar-refractivity contribution in [1.82, 2.24) is 18.8 Å². The van der Waals surface area contributed by atoms with Crippen molar-refractivity contribution < 1.29 is 8.42 Å². The molecule has 0 atom stereocenters. The third-order valence-electron chi connectivity index (χ3n) is 5.66. The summed E-state index contributed by atoms with van der Waals surface area (Å²) in [6, 6.07) is 9.05. The fourth-order valence-electron chi connectivity index (χ4n) is 3.83. The molecular weight excluding hydrogens is 438 g/mol. The molecule has 1 saturated heterocycles. The van der Waals surface area contributed by atoms with Crippen LogP contribution in [0.3, 0.4) is 0 Å². The Kier molecular flexibility index (Phi) is 6.00. The molecule has 1 aliphatic heterocycles. The SMILES string of the molecule is CCS(=O)(=O)N1CCC(Nc2ncc3cc(-c4ccccc4Cl)c(=O)n(C)c3n2)CC1. The van der Waals surface area contributed by atoms with Crippen molar-refractivity contribution in [2.24, 2.45) is 7.05 Å². The van der Waals surface area contributed by atoms with E-state index in [1.165, 1.54) is 8.87 Å². The van der Waals surface area contributed by atoms with E-state index in [0.717, 1.165) is 5.39 Å². The lowest BCUT2D eigenvalue weighted by Crippen LogP contribution is -2.43. The molecule has 0 radical (unpaired) electrons. The Labute approximate surface area is 185 Å². The summed E-state index contributed by atoms with van der Waals surface area (Å²) in [6.45, 7) is 2.60. The molecule has 0 saturated carbocycles. The summed E-state index contributed by atoms with van der Waals surface area (Å²) in [5.74, 6) is 0.535. The molecule has 3 heterocycles. The standard InChI is InChI=1S/C21H24ClN5O3S/c1-3-31(29,30)27-10-8-15(9-11-27)24-21-23-13-14-12-17(16-6-4-5-7-18(16)22)20(28)26(2)19(14)25-21/h4-7,12-13,15H,3,8-11H2,1-2H3,(H,23,24,25). The smallest absolute Gasteiger partial charge is 0.259 e. The molecule has 1 N–H and O–H groups in total. The third-order valence-corrected chi connectivity index (χ3v) is 7.87. The summed E-state index contributed by atoms with van der Waals surface area (Å²) in [6.07, 6.45) is 3.02. The van der Waals surface area contributed by atoms with Crippen molar-refractivity contribution in [1.29, 1.82) is 0 Å². The zero-order valence-corrected chi connectivity index (χ0v) is 18.9. The average Bonchev–Trinajstić information content (AvgIpc) is 2.77. The van der Waals surface area contributed by atoms with Gasteiger partial charge in [0.2, 0.25) is 16.0 Å². The molecule has 0 aliphatic carbocycles. The van der Waals surface area contributed by atoms with Gasteiger partial charge in [-0.05, 0) is 31.9 Å². The van der Waals surface area contributed by atoms with Crippen LogP contribution in [0.4, 0.5) is 5.95 Å². The van der Waals surface area contributed by atoms with Crippen molar-refractivity contribution in [2.75, 3.05) is 24.2 Å². The van der Waals surface area contributed by atoms with Gasteiger partial charge in [-0.1, -0.05) is 29.8 Å². The van der Waals surface area contributed by atoms with E-state index in [1.807, 2.05) is 18.2 Å². The Morgan fingerprint density at radius 1 is 1.19 bits per heavy atom. The first-order chi connectivity index (χ1) is 14.8. The number of aryl methyl sites for hydroxylation is 1. The molecule has 8 nitrogen and oxygen atoms in total. The zero-order chi connectivity index (χ0) is 22.2. The largest absolute Gasteiger partial charge is 0.351 e. The van der Waals surface area contributed by atoms with E-state index < -0.39 is 10.0 Å². The highest BCUT2D eigenvalue weighted by Crippen LogP contribution is 2.27. The molecule has 0 spiro atoms. The first kappa shape index (κ1) is 21.7. The van der Waals surface area contributed by atoms with Gasteiger partial charge in [-0.2, -0.15) is 4.98 Å². The number of hydrogen-bond donors (Lipinski definition) is 1. The summed E-state index contributed by atoms with van der Waals surface area (Å²) in [5.41, 5.74) is 1.49. The maximum Gasteiger partial charge on any atom is 0.259 e. The first-order valence-corrected chi connectivity index (χ1v) is 12.1. The van der Waals surface area contributed by atoms with E-state index in [9.17, 15) is 13.2 Å². The van der Waals surface area contributed by atoms with Crippen molar-refractivity contribution in [2.45, 2.75) is 25.8 Å². The Balaban J connectivity index is 1.58. The number of anilines is 1. The van der Waals surface area contributed by atoms with Gasteiger partial charge in [0.15, 0.2) is 0 Å². The molecule has 1 aromatic carbocycles. The van der Waals surface area contributed by atoms with Crippen molar-refractivity contribution in [3.05, 3.63) is 51.9 Å². The summed E-state index contributed by atoms with van der Waals surface area (Å²) in [5, 5.41) is 4.52. The van der Waals surface area contributed by atoms with Gasteiger partial charge in [-0.25, -0.2) is 17.7 Å². The summed E-state index contributed by atoms with van der Waals surface area (Å²) < 4.78 is 27.1. The van der Waals surface area contributed by atoms with Gasteiger partial charge in [0.25, 0.3) is 5.56 Å². The Morgan fingerprint density at radius 3 is 2.58 bits per heavy atom. The number of rotatable bonds is 5. The lowest BCUT2D eigenvalue weighted by atomic mass is 10.1. The summed E-state index contributed by atoms with van der Waals surface area (Å²) >= 11 is 6.29. The fourth-order valence-corrected chi connectivity index (χ4v) is 5.20. The maximum atomic E-state index is 13.0. The number of nitrogens with one attached hydrogen (secondary N) is 1. The monoisotopic (exact) mass is 461 g/mol. The summed E-state index contributed by atoms with van der Waals surface area (Å²) in [4.78, 5) is 21.9. The van der Waals surface area contributed by atoms with E-state index in [-0.39, 0.29) is 17.4 Å². The number of nitrogens with zero attached hydrogens (tertiary/aromatic N) is 4. The predicted octanol–water partition coefficient (Wildman–Crippen LogP) is 2.87. The Morgan fingerprint density at radius 2 is 1.90 bits per heavy atom. The van der Waals surface area contributed by atoms with E-state index >= 15 is 0 Å². The molecule has 164 valence electrons. The quantitative estimate of drug-likeness (QED) is 0.627. The van der Waals surface area contributed by atoms with Gasteiger partial charge in [0, 0.05) is 53.9 Å². The topological polar surface area (TPSA) is 97.2 Å². The molecule has 4 rings (SSSR count). The van der Waals surface area contributed by atoms with Crippen molar-refractivity contribution in [3.63, 3.8) is 0 Å². The number of hydrogen-bond acceptors (Lipinski definition) is 6.